The Labute approximate surface area is 164 Å². The summed E-state index contributed by atoms with van der Waals surface area (Å²) in [7, 11) is 4.51. The van der Waals surface area contributed by atoms with Gasteiger partial charge in [-0.25, -0.2) is 0 Å². The predicted molar refractivity (Wildman–Crippen MR) is 106 cm³/mol. The van der Waals surface area contributed by atoms with Gasteiger partial charge in [0.05, 0.1) is 33.4 Å². The second-order valence-electron chi connectivity index (χ2n) is 8.36. The second-order valence-corrected chi connectivity index (χ2v) is 8.36. The normalized spacial score (nSPS) is 16.2. The zero-order valence-electron chi connectivity index (χ0n) is 17.3. The molecule has 0 amide bonds. The highest BCUT2D eigenvalue weighted by Crippen LogP contribution is 2.18. The molecule has 0 aliphatic carbocycles. The minimum absolute atomic E-state index is 0. The van der Waals surface area contributed by atoms with E-state index in [2.05, 4.69) is 14.1 Å². The first kappa shape index (κ1) is 25.2. The Morgan fingerprint density at radius 1 is 0.600 bits per heavy atom. The van der Waals surface area contributed by atoms with Crippen molar-refractivity contribution in [1.29, 1.82) is 0 Å². The van der Waals surface area contributed by atoms with Crippen LogP contribution in [0.15, 0.2) is 0 Å². The van der Waals surface area contributed by atoms with Gasteiger partial charge in [0.15, 0.2) is 0 Å². The molecular formula is C22H46ClNO. The molecule has 0 aromatic carbocycles. The van der Waals surface area contributed by atoms with E-state index in [1.165, 1.54) is 116 Å². The molecule has 0 radical (unpaired) electrons. The van der Waals surface area contributed by atoms with Crippen LogP contribution in [0.2, 0.25) is 0 Å². The highest BCUT2D eigenvalue weighted by molar-refractivity contribution is 4.68. The molecule has 0 bridgehead atoms. The van der Waals surface area contributed by atoms with Crippen LogP contribution in [-0.2, 0) is 4.74 Å². The van der Waals surface area contributed by atoms with Crippen LogP contribution in [0.25, 0.3) is 0 Å². The Balaban J connectivity index is 0.00000576. The van der Waals surface area contributed by atoms with Gasteiger partial charge in [-0.1, -0.05) is 89.9 Å². The molecule has 0 saturated carbocycles. The van der Waals surface area contributed by atoms with Gasteiger partial charge >= 0.3 is 0 Å². The first-order valence-electron chi connectivity index (χ1n) is 11.2. The van der Waals surface area contributed by atoms with Crippen LogP contribution in [0, 0.1) is 0 Å². The van der Waals surface area contributed by atoms with E-state index in [4.69, 9.17) is 4.74 Å². The third-order valence-corrected chi connectivity index (χ3v) is 5.36. The van der Waals surface area contributed by atoms with Crippen molar-refractivity contribution in [3.05, 3.63) is 0 Å². The van der Waals surface area contributed by atoms with Crippen LogP contribution in [0.1, 0.15) is 109 Å². The summed E-state index contributed by atoms with van der Waals surface area (Å²) in [5.74, 6) is 0. The van der Waals surface area contributed by atoms with E-state index in [-0.39, 0.29) is 12.4 Å². The number of halogens is 1. The molecular weight excluding hydrogens is 330 g/mol. The standard InChI is InChI=1S/C22H45NO.ClH/c1-23(2)20-18-16-14-12-10-8-6-4-3-5-7-9-11-13-15-17-19-22-21-24-22;/h22H,3-21H2,1-2H3;1H. The topological polar surface area (TPSA) is 17.0 Å². The third kappa shape index (κ3) is 20.4. The van der Waals surface area contributed by atoms with Gasteiger partial charge in [-0.15, -0.1) is 0 Å². The summed E-state index contributed by atoms with van der Waals surface area (Å²) in [5.41, 5.74) is 0. The van der Waals surface area contributed by atoms with E-state index < -0.39 is 0 Å². The fourth-order valence-corrected chi connectivity index (χ4v) is 3.56. The summed E-state index contributed by atoms with van der Waals surface area (Å²) in [6.45, 7) is 2.38. The molecule has 1 unspecified atom stereocenters. The van der Waals surface area contributed by atoms with Crippen molar-refractivity contribution in [2.45, 2.75) is 115 Å². The van der Waals surface area contributed by atoms with Crippen molar-refractivity contribution >= 4 is 0 Å². The smallest absolute Gasteiger partial charge is 0.0810 e. The van der Waals surface area contributed by atoms with Crippen molar-refractivity contribution in [2.75, 3.05) is 27.2 Å². The summed E-state index contributed by atoms with van der Waals surface area (Å²) >= 11 is 0. The number of unbranched alkanes of at least 4 members (excludes halogenated alkanes) is 15. The fraction of sp³-hybridized carbons (Fsp3) is 1.00. The van der Waals surface area contributed by atoms with Crippen molar-refractivity contribution < 1.29 is 22.0 Å². The van der Waals surface area contributed by atoms with Crippen molar-refractivity contribution in [3.8, 4) is 0 Å². The Morgan fingerprint density at radius 3 is 1.24 bits per heavy atom. The number of quaternary nitrogens is 1. The molecule has 1 rings (SSSR count). The minimum Gasteiger partial charge on any atom is -1.00 e. The summed E-state index contributed by atoms with van der Waals surface area (Å²) in [4.78, 5) is 1.60. The number of epoxide rings is 1. The maximum atomic E-state index is 5.24. The first-order valence-corrected chi connectivity index (χ1v) is 11.2. The third-order valence-electron chi connectivity index (χ3n) is 5.36. The Bertz CT molecular complexity index is 238. The van der Waals surface area contributed by atoms with E-state index in [1.54, 1.807) is 4.90 Å². The Hall–Kier alpha value is 0.210. The van der Waals surface area contributed by atoms with Gasteiger partial charge in [0.2, 0.25) is 0 Å². The maximum Gasteiger partial charge on any atom is 0.0810 e. The minimum atomic E-state index is 0. The van der Waals surface area contributed by atoms with Crippen LogP contribution < -0.4 is 17.3 Å². The van der Waals surface area contributed by atoms with Gasteiger partial charge in [-0.05, 0) is 19.3 Å². The molecule has 1 saturated heterocycles. The van der Waals surface area contributed by atoms with Crippen LogP contribution in [0.5, 0.6) is 0 Å². The molecule has 1 aliphatic heterocycles. The van der Waals surface area contributed by atoms with E-state index in [0.717, 1.165) is 6.61 Å². The summed E-state index contributed by atoms with van der Waals surface area (Å²) in [6.07, 6.45) is 25.3. The van der Waals surface area contributed by atoms with E-state index in [1.807, 2.05) is 0 Å². The quantitative estimate of drug-likeness (QED) is 0.270. The summed E-state index contributed by atoms with van der Waals surface area (Å²) in [5, 5.41) is 0. The molecule has 3 heteroatoms. The average molecular weight is 376 g/mol. The predicted octanol–water partition coefficient (Wildman–Crippen LogP) is 2.17. The molecule has 1 aliphatic rings. The number of rotatable bonds is 19. The van der Waals surface area contributed by atoms with Gasteiger partial charge in [0.1, 0.15) is 0 Å². The number of ether oxygens (including phenoxy) is 1. The van der Waals surface area contributed by atoms with E-state index >= 15 is 0 Å². The van der Waals surface area contributed by atoms with Gasteiger partial charge < -0.3 is 22.0 Å². The molecule has 0 aromatic heterocycles. The second kappa shape index (κ2) is 19.0. The lowest BCUT2D eigenvalue weighted by molar-refractivity contribution is -0.858. The number of hydrogen-bond donors (Lipinski definition) is 1. The molecule has 2 nitrogen and oxygen atoms in total. The lowest BCUT2D eigenvalue weighted by Gasteiger charge is -2.06. The molecule has 1 N–H and O–H groups in total. The average Bonchev–Trinajstić information content (AvgIpc) is 3.37. The van der Waals surface area contributed by atoms with Crippen molar-refractivity contribution in [3.63, 3.8) is 0 Å². The number of hydrogen-bond acceptors (Lipinski definition) is 1. The molecule has 1 atom stereocenters. The van der Waals surface area contributed by atoms with Gasteiger partial charge in [0.25, 0.3) is 0 Å². The van der Waals surface area contributed by atoms with Gasteiger partial charge in [0, 0.05) is 0 Å². The zero-order valence-corrected chi connectivity index (χ0v) is 18.1. The molecule has 152 valence electrons. The Morgan fingerprint density at radius 2 is 0.920 bits per heavy atom. The summed E-state index contributed by atoms with van der Waals surface area (Å²) < 4.78 is 5.24. The lowest BCUT2D eigenvalue weighted by atomic mass is 10.0. The molecule has 1 fully saturated rings. The lowest BCUT2D eigenvalue weighted by Crippen LogP contribution is -3.05. The van der Waals surface area contributed by atoms with Crippen molar-refractivity contribution in [2.24, 2.45) is 0 Å². The highest BCUT2D eigenvalue weighted by Gasteiger charge is 2.20. The highest BCUT2D eigenvalue weighted by atomic mass is 35.5. The number of nitrogens with one attached hydrogen (secondary N) is 1. The van der Waals surface area contributed by atoms with Crippen LogP contribution in [-0.4, -0.2) is 33.4 Å². The summed E-state index contributed by atoms with van der Waals surface area (Å²) in [6, 6.07) is 0. The van der Waals surface area contributed by atoms with Crippen LogP contribution >= 0.6 is 0 Å². The first-order chi connectivity index (χ1) is 11.8. The van der Waals surface area contributed by atoms with Crippen molar-refractivity contribution in [1.82, 2.24) is 0 Å². The van der Waals surface area contributed by atoms with E-state index in [0.29, 0.717) is 6.10 Å². The monoisotopic (exact) mass is 375 g/mol. The Kier molecular flexibility index (Phi) is 19.1. The van der Waals surface area contributed by atoms with Crippen LogP contribution in [0.3, 0.4) is 0 Å². The van der Waals surface area contributed by atoms with Gasteiger partial charge in [-0.3, -0.25) is 0 Å². The van der Waals surface area contributed by atoms with E-state index in [9.17, 15) is 0 Å². The maximum absolute atomic E-state index is 5.24. The fourth-order valence-electron chi connectivity index (χ4n) is 3.56. The van der Waals surface area contributed by atoms with Gasteiger partial charge in [-0.2, -0.15) is 0 Å². The SMILES string of the molecule is C[NH+](C)CCCCCCCCCCCCCCCCCCC1CO1.[Cl-]. The largest absolute Gasteiger partial charge is 1.00 e. The molecule has 1 heterocycles. The molecule has 0 spiro atoms. The molecule has 0 aromatic rings. The van der Waals surface area contributed by atoms with Crippen LogP contribution in [0.4, 0.5) is 0 Å². The zero-order chi connectivity index (χ0) is 17.3. The molecule has 25 heavy (non-hydrogen) atoms.